The maximum absolute atomic E-state index is 10.9. The van der Waals surface area contributed by atoms with Crippen molar-refractivity contribution in [2.24, 2.45) is 0 Å². The second-order valence-electron chi connectivity index (χ2n) is 4.41. The zero-order valence-corrected chi connectivity index (χ0v) is 14.2. The molecule has 0 bridgehead atoms. The largest absolute Gasteiger partial charge is 0.371 e. The van der Waals surface area contributed by atoms with Crippen LogP contribution < -0.4 is 5.32 Å². The maximum atomic E-state index is 10.9. The van der Waals surface area contributed by atoms with Crippen LogP contribution in [0.25, 0.3) is 0 Å². The summed E-state index contributed by atoms with van der Waals surface area (Å²) in [6.45, 7) is 0.762. The van der Waals surface area contributed by atoms with Crippen LogP contribution in [0.3, 0.4) is 0 Å². The first-order chi connectivity index (χ1) is 9.99. The third-order valence-electron chi connectivity index (χ3n) is 2.62. The van der Waals surface area contributed by atoms with Crippen LogP contribution in [0, 0.1) is 10.1 Å². The Hall–Kier alpha value is -0.990. The van der Waals surface area contributed by atoms with Gasteiger partial charge in [0.2, 0.25) is 0 Å². The molecule has 0 heterocycles. The first-order valence-electron chi connectivity index (χ1n) is 6.43. The molecular formula is C13H18N2O3S3. The zero-order chi connectivity index (χ0) is 15.7. The number of thioether (sulfide) groups is 1. The molecule has 116 valence electrons. The second kappa shape index (κ2) is 9.86. The highest BCUT2D eigenvalue weighted by atomic mass is 32.2. The van der Waals surface area contributed by atoms with Crippen molar-refractivity contribution in [3.8, 4) is 0 Å². The lowest BCUT2D eigenvalue weighted by molar-refractivity contribution is -0.384. The Labute approximate surface area is 136 Å². The Morgan fingerprint density at radius 1 is 1.48 bits per heavy atom. The van der Waals surface area contributed by atoms with Crippen molar-refractivity contribution < 1.29 is 9.13 Å². The van der Waals surface area contributed by atoms with Crippen LogP contribution in [0.4, 0.5) is 5.69 Å². The SMILES string of the molecule is CS(=O)CCCCNC(=S)SCc1cccc([N+](=O)[O-])c1. The smallest absolute Gasteiger partial charge is 0.269 e. The molecule has 1 aromatic carbocycles. The normalized spacial score (nSPS) is 11.9. The number of non-ortho nitro benzene ring substituents is 1. The molecule has 1 unspecified atom stereocenters. The van der Waals surface area contributed by atoms with E-state index in [0.717, 1.165) is 30.7 Å². The Balaban J connectivity index is 2.25. The van der Waals surface area contributed by atoms with Gasteiger partial charge in [0.1, 0.15) is 4.32 Å². The number of benzene rings is 1. The third-order valence-corrected chi connectivity index (χ3v) is 4.86. The fourth-order valence-corrected chi connectivity index (χ4v) is 3.15. The summed E-state index contributed by atoms with van der Waals surface area (Å²) >= 11 is 6.65. The predicted molar refractivity (Wildman–Crippen MR) is 93.2 cm³/mol. The van der Waals surface area contributed by atoms with Gasteiger partial charge in [-0.1, -0.05) is 36.1 Å². The lowest BCUT2D eigenvalue weighted by Crippen LogP contribution is -2.20. The summed E-state index contributed by atoms with van der Waals surface area (Å²) in [6.07, 6.45) is 3.54. The lowest BCUT2D eigenvalue weighted by atomic mass is 10.2. The van der Waals surface area contributed by atoms with Crippen LogP contribution in [0.1, 0.15) is 18.4 Å². The van der Waals surface area contributed by atoms with Gasteiger partial charge in [-0.05, 0) is 18.4 Å². The highest BCUT2D eigenvalue weighted by Crippen LogP contribution is 2.18. The molecule has 1 aromatic rings. The predicted octanol–water partition coefficient (Wildman–Crippen LogP) is 2.86. The molecule has 0 aliphatic heterocycles. The highest BCUT2D eigenvalue weighted by molar-refractivity contribution is 8.22. The van der Waals surface area contributed by atoms with E-state index in [1.807, 2.05) is 6.07 Å². The first-order valence-corrected chi connectivity index (χ1v) is 9.55. The number of hydrogen-bond acceptors (Lipinski definition) is 5. The van der Waals surface area contributed by atoms with E-state index in [1.165, 1.54) is 17.8 Å². The van der Waals surface area contributed by atoms with Crippen molar-refractivity contribution in [2.75, 3.05) is 18.6 Å². The van der Waals surface area contributed by atoms with E-state index in [1.54, 1.807) is 18.4 Å². The van der Waals surface area contributed by atoms with E-state index in [0.29, 0.717) is 10.1 Å². The summed E-state index contributed by atoms with van der Waals surface area (Å²) in [4.78, 5) is 10.3. The molecule has 1 N–H and O–H groups in total. The van der Waals surface area contributed by atoms with Crippen molar-refractivity contribution in [2.45, 2.75) is 18.6 Å². The van der Waals surface area contributed by atoms with Gasteiger partial charge in [0, 0.05) is 47.2 Å². The maximum Gasteiger partial charge on any atom is 0.269 e. The van der Waals surface area contributed by atoms with Crippen molar-refractivity contribution in [1.82, 2.24) is 5.32 Å². The van der Waals surface area contributed by atoms with Gasteiger partial charge in [-0.2, -0.15) is 0 Å². The molecule has 0 aliphatic rings. The van der Waals surface area contributed by atoms with Crippen LogP contribution in [0.2, 0.25) is 0 Å². The van der Waals surface area contributed by atoms with E-state index in [4.69, 9.17) is 12.2 Å². The number of rotatable bonds is 8. The van der Waals surface area contributed by atoms with Crippen molar-refractivity contribution >= 4 is 44.8 Å². The molecule has 1 rings (SSSR count). The molecule has 1 atom stereocenters. The van der Waals surface area contributed by atoms with Crippen LogP contribution in [-0.2, 0) is 16.6 Å². The zero-order valence-electron chi connectivity index (χ0n) is 11.7. The van der Waals surface area contributed by atoms with Crippen LogP contribution in [0.5, 0.6) is 0 Å². The summed E-state index contributed by atoms with van der Waals surface area (Å²) in [6, 6.07) is 6.56. The van der Waals surface area contributed by atoms with E-state index in [-0.39, 0.29) is 5.69 Å². The number of unbranched alkanes of at least 4 members (excludes halogenated alkanes) is 1. The van der Waals surface area contributed by atoms with Gasteiger partial charge < -0.3 is 5.32 Å². The number of nitrogens with zero attached hydrogens (tertiary/aromatic N) is 1. The number of hydrogen-bond donors (Lipinski definition) is 1. The Morgan fingerprint density at radius 2 is 2.24 bits per heavy atom. The first kappa shape index (κ1) is 18.1. The molecule has 5 nitrogen and oxygen atoms in total. The summed E-state index contributed by atoms with van der Waals surface area (Å²) in [5.74, 6) is 1.32. The van der Waals surface area contributed by atoms with Crippen molar-refractivity contribution in [3.05, 3.63) is 39.9 Å². The minimum absolute atomic E-state index is 0.0968. The summed E-state index contributed by atoms with van der Waals surface area (Å²) < 4.78 is 11.6. The van der Waals surface area contributed by atoms with Gasteiger partial charge in [0.15, 0.2) is 0 Å². The lowest BCUT2D eigenvalue weighted by Gasteiger charge is -2.07. The fourth-order valence-electron chi connectivity index (χ4n) is 1.58. The average Bonchev–Trinajstić information content (AvgIpc) is 2.44. The summed E-state index contributed by atoms with van der Waals surface area (Å²) in [5, 5.41) is 13.8. The second-order valence-corrected chi connectivity index (χ2v) is 7.62. The van der Waals surface area contributed by atoms with Crippen molar-refractivity contribution in [1.29, 1.82) is 0 Å². The number of nitro groups is 1. The van der Waals surface area contributed by atoms with E-state index in [9.17, 15) is 14.3 Å². The molecule has 0 spiro atoms. The molecular weight excluding hydrogens is 328 g/mol. The van der Waals surface area contributed by atoms with Gasteiger partial charge in [-0.3, -0.25) is 14.3 Å². The molecule has 0 aromatic heterocycles. The Morgan fingerprint density at radius 3 is 2.90 bits per heavy atom. The van der Waals surface area contributed by atoms with Gasteiger partial charge in [0.05, 0.1) is 4.92 Å². The minimum atomic E-state index is -0.735. The molecule has 8 heteroatoms. The fraction of sp³-hybridized carbons (Fsp3) is 0.462. The number of thiocarbonyl (C=S) groups is 1. The van der Waals surface area contributed by atoms with Gasteiger partial charge in [-0.15, -0.1) is 0 Å². The summed E-state index contributed by atoms with van der Waals surface area (Å²) in [5.41, 5.74) is 0.972. The molecule has 0 saturated carbocycles. The highest BCUT2D eigenvalue weighted by Gasteiger charge is 2.06. The number of nitrogens with one attached hydrogen (secondary N) is 1. The van der Waals surface area contributed by atoms with E-state index >= 15 is 0 Å². The van der Waals surface area contributed by atoms with E-state index in [2.05, 4.69) is 5.32 Å². The third kappa shape index (κ3) is 8.13. The Kier molecular flexibility index (Phi) is 8.48. The quantitative estimate of drug-likeness (QED) is 0.338. The van der Waals surface area contributed by atoms with Crippen LogP contribution >= 0.6 is 24.0 Å². The average molecular weight is 346 g/mol. The molecule has 0 radical (unpaired) electrons. The molecule has 0 aliphatic carbocycles. The molecule has 0 fully saturated rings. The summed E-state index contributed by atoms with van der Waals surface area (Å²) in [7, 11) is -0.735. The molecule has 21 heavy (non-hydrogen) atoms. The Bertz CT molecular complexity index is 523. The van der Waals surface area contributed by atoms with Crippen LogP contribution in [-0.4, -0.2) is 32.0 Å². The molecule has 0 saturated heterocycles. The monoisotopic (exact) mass is 346 g/mol. The molecule has 0 amide bonds. The standard InChI is InChI=1S/C13H18N2O3S3/c1-21(18)8-3-2-7-14-13(19)20-10-11-5-4-6-12(9-11)15(16)17/h4-6,9H,2-3,7-8,10H2,1H3,(H,14,19). The van der Waals surface area contributed by atoms with Gasteiger partial charge >= 0.3 is 0 Å². The topological polar surface area (TPSA) is 72.2 Å². The number of nitro benzene ring substituents is 1. The van der Waals surface area contributed by atoms with Crippen LogP contribution in [0.15, 0.2) is 24.3 Å². The van der Waals surface area contributed by atoms with Gasteiger partial charge in [-0.25, -0.2) is 0 Å². The van der Waals surface area contributed by atoms with Crippen molar-refractivity contribution in [3.63, 3.8) is 0 Å². The minimum Gasteiger partial charge on any atom is -0.371 e. The van der Waals surface area contributed by atoms with E-state index < -0.39 is 15.7 Å². The van der Waals surface area contributed by atoms with Gasteiger partial charge in [0.25, 0.3) is 5.69 Å².